The van der Waals surface area contributed by atoms with Crippen LogP contribution in [0.1, 0.15) is 63.1 Å². The molecule has 3 atom stereocenters. The van der Waals surface area contributed by atoms with Gasteiger partial charge in [0.2, 0.25) is 0 Å². The molecule has 1 fully saturated rings. The highest BCUT2D eigenvalue weighted by atomic mass is 16.5. The van der Waals surface area contributed by atoms with Gasteiger partial charge in [-0.3, -0.25) is 0 Å². The molecular formula is C18H27NO. The molecule has 3 rings (SSSR count). The van der Waals surface area contributed by atoms with Gasteiger partial charge in [-0.2, -0.15) is 0 Å². The van der Waals surface area contributed by atoms with Crippen molar-refractivity contribution < 1.29 is 4.74 Å². The van der Waals surface area contributed by atoms with Crippen LogP contribution >= 0.6 is 0 Å². The zero-order chi connectivity index (χ0) is 13.9. The van der Waals surface area contributed by atoms with Crippen molar-refractivity contribution >= 4 is 0 Å². The molecule has 0 heterocycles. The van der Waals surface area contributed by atoms with Crippen LogP contribution in [0.4, 0.5) is 0 Å². The molecule has 2 heteroatoms. The monoisotopic (exact) mass is 273 g/mol. The third-order valence-electron chi connectivity index (χ3n) is 4.86. The van der Waals surface area contributed by atoms with Crippen LogP contribution in [-0.4, -0.2) is 12.6 Å². The largest absolute Gasteiger partial charge is 0.490 e. The highest BCUT2D eigenvalue weighted by molar-refractivity contribution is 5.45. The van der Waals surface area contributed by atoms with Crippen molar-refractivity contribution in [3.63, 3.8) is 0 Å². The molecule has 1 aromatic rings. The van der Waals surface area contributed by atoms with E-state index in [1.807, 2.05) is 0 Å². The van der Waals surface area contributed by atoms with Gasteiger partial charge in [-0.1, -0.05) is 32.4 Å². The van der Waals surface area contributed by atoms with Crippen LogP contribution in [0.5, 0.6) is 5.75 Å². The number of benzene rings is 1. The molecule has 0 amide bonds. The van der Waals surface area contributed by atoms with Gasteiger partial charge in [-0.05, 0) is 61.8 Å². The molecule has 110 valence electrons. The third kappa shape index (κ3) is 2.85. The molecule has 3 unspecified atom stereocenters. The summed E-state index contributed by atoms with van der Waals surface area (Å²) in [5.74, 6) is 1.97. The fourth-order valence-electron chi connectivity index (χ4n) is 3.85. The second-order valence-corrected chi connectivity index (χ2v) is 6.48. The summed E-state index contributed by atoms with van der Waals surface area (Å²) in [5, 5.41) is 3.58. The van der Waals surface area contributed by atoms with Gasteiger partial charge in [0.25, 0.3) is 0 Å². The first-order valence-corrected chi connectivity index (χ1v) is 8.29. The molecule has 0 bridgehead atoms. The number of fused-ring (bicyclic) bond motifs is 1. The average molecular weight is 273 g/mol. The van der Waals surface area contributed by atoms with Crippen LogP contribution in [0, 0.1) is 5.92 Å². The first kappa shape index (κ1) is 13.9. The van der Waals surface area contributed by atoms with Crippen LogP contribution in [0.3, 0.4) is 0 Å². The predicted octanol–water partition coefficient (Wildman–Crippen LogP) is 4.24. The Morgan fingerprint density at radius 2 is 2.15 bits per heavy atom. The summed E-state index contributed by atoms with van der Waals surface area (Å²) in [6.07, 6.45) is 7.94. The van der Waals surface area contributed by atoms with Crippen molar-refractivity contribution in [1.82, 2.24) is 5.32 Å². The maximum Gasteiger partial charge on any atom is 0.123 e. The first-order chi connectivity index (χ1) is 9.78. The quantitative estimate of drug-likeness (QED) is 0.886. The summed E-state index contributed by atoms with van der Waals surface area (Å²) in [5.41, 5.74) is 2.92. The van der Waals surface area contributed by atoms with E-state index in [0.29, 0.717) is 12.1 Å². The Morgan fingerprint density at radius 3 is 2.95 bits per heavy atom. The minimum Gasteiger partial charge on any atom is -0.490 e. The molecule has 1 aromatic carbocycles. The van der Waals surface area contributed by atoms with E-state index in [0.717, 1.165) is 24.6 Å². The lowest BCUT2D eigenvalue weighted by Crippen LogP contribution is -2.24. The maximum absolute atomic E-state index is 6.37. The lowest BCUT2D eigenvalue weighted by molar-refractivity contribution is 0.128. The highest BCUT2D eigenvalue weighted by Gasteiger charge is 2.26. The van der Waals surface area contributed by atoms with Crippen LogP contribution in [0.2, 0.25) is 0 Å². The zero-order valence-corrected chi connectivity index (χ0v) is 12.8. The van der Waals surface area contributed by atoms with Gasteiger partial charge < -0.3 is 10.1 Å². The zero-order valence-electron chi connectivity index (χ0n) is 12.8. The number of nitrogens with one attached hydrogen (secondary N) is 1. The van der Waals surface area contributed by atoms with E-state index in [1.54, 1.807) is 0 Å². The van der Waals surface area contributed by atoms with E-state index >= 15 is 0 Å². The van der Waals surface area contributed by atoms with Gasteiger partial charge in [0.05, 0.1) is 6.10 Å². The van der Waals surface area contributed by atoms with Crippen LogP contribution < -0.4 is 10.1 Å². The van der Waals surface area contributed by atoms with E-state index in [2.05, 4.69) is 37.4 Å². The topological polar surface area (TPSA) is 21.3 Å². The van der Waals surface area contributed by atoms with Gasteiger partial charge in [-0.15, -0.1) is 0 Å². The predicted molar refractivity (Wildman–Crippen MR) is 83.2 cm³/mol. The lowest BCUT2D eigenvalue weighted by Gasteiger charge is -2.28. The molecule has 2 aliphatic carbocycles. The molecule has 2 aliphatic rings. The van der Waals surface area contributed by atoms with Crippen LogP contribution in [0.15, 0.2) is 18.2 Å². The van der Waals surface area contributed by atoms with E-state index in [1.165, 1.54) is 43.2 Å². The summed E-state index contributed by atoms with van der Waals surface area (Å²) < 4.78 is 6.37. The van der Waals surface area contributed by atoms with Crippen molar-refractivity contribution in [3.8, 4) is 5.75 Å². The van der Waals surface area contributed by atoms with Gasteiger partial charge >= 0.3 is 0 Å². The minimum atomic E-state index is 0.434. The number of ether oxygens (including phenoxy) is 1. The summed E-state index contributed by atoms with van der Waals surface area (Å²) in [7, 11) is 0. The van der Waals surface area contributed by atoms with Gasteiger partial charge in [-0.25, -0.2) is 0 Å². The minimum absolute atomic E-state index is 0.434. The molecule has 0 saturated heterocycles. The molecular weight excluding hydrogens is 246 g/mol. The van der Waals surface area contributed by atoms with Gasteiger partial charge in [0.1, 0.15) is 5.75 Å². The highest BCUT2D eigenvalue weighted by Crippen LogP contribution is 2.38. The fourth-order valence-corrected chi connectivity index (χ4v) is 3.85. The summed E-state index contributed by atoms with van der Waals surface area (Å²) in [6, 6.07) is 7.14. The second-order valence-electron chi connectivity index (χ2n) is 6.48. The maximum atomic E-state index is 6.37. The smallest absolute Gasteiger partial charge is 0.123 e. The molecule has 1 saturated carbocycles. The van der Waals surface area contributed by atoms with Crippen molar-refractivity contribution in [2.75, 3.05) is 6.54 Å². The molecule has 0 spiro atoms. The summed E-state index contributed by atoms with van der Waals surface area (Å²) in [4.78, 5) is 0. The average Bonchev–Trinajstić information content (AvgIpc) is 2.84. The van der Waals surface area contributed by atoms with Gasteiger partial charge in [0.15, 0.2) is 0 Å². The summed E-state index contributed by atoms with van der Waals surface area (Å²) in [6.45, 7) is 5.57. The Bertz CT molecular complexity index is 457. The standard InChI is InChI=1S/C18H27NO/c1-3-19-17-11-10-16-15(17)8-5-9-18(16)20-14-7-4-6-13(2)12-14/h5,8-9,13-14,17,19H,3-4,6-7,10-12H2,1-2H3. The summed E-state index contributed by atoms with van der Waals surface area (Å²) >= 11 is 0. The molecule has 20 heavy (non-hydrogen) atoms. The normalized spacial score (nSPS) is 29.2. The van der Waals surface area contributed by atoms with E-state index in [9.17, 15) is 0 Å². The third-order valence-corrected chi connectivity index (χ3v) is 4.86. The Hall–Kier alpha value is -1.02. The Balaban J connectivity index is 1.74. The van der Waals surface area contributed by atoms with E-state index < -0.39 is 0 Å². The molecule has 1 N–H and O–H groups in total. The molecule has 0 aromatic heterocycles. The Morgan fingerprint density at radius 1 is 1.25 bits per heavy atom. The first-order valence-electron chi connectivity index (χ1n) is 8.29. The van der Waals surface area contributed by atoms with Crippen LogP contribution in [-0.2, 0) is 6.42 Å². The number of rotatable bonds is 4. The van der Waals surface area contributed by atoms with Crippen molar-refractivity contribution in [1.29, 1.82) is 0 Å². The molecule has 2 nitrogen and oxygen atoms in total. The molecule has 0 aliphatic heterocycles. The van der Waals surface area contributed by atoms with Gasteiger partial charge in [0, 0.05) is 6.04 Å². The SMILES string of the molecule is CCNC1CCc2c(OC3CCCC(C)C3)cccc21. The molecule has 0 radical (unpaired) electrons. The lowest BCUT2D eigenvalue weighted by atomic mass is 9.88. The van der Waals surface area contributed by atoms with Crippen LogP contribution in [0.25, 0.3) is 0 Å². The van der Waals surface area contributed by atoms with Crippen molar-refractivity contribution in [2.24, 2.45) is 5.92 Å². The van der Waals surface area contributed by atoms with Crippen molar-refractivity contribution in [3.05, 3.63) is 29.3 Å². The Kier molecular flexibility index (Phi) is 4.30. The fraction of sp³-hybridized carbons (Fsp3) is 0.667. The Labute approximate surface area is 122 Å². The van der Waals surface area contributed by atoms with E-state index in [-0.39, 0.29) is 0 Å². The number of hydrogen-bond donors (Lipinski definition) is 1. The van der Waals surface area contributed by atoms with Crippen molar-refractivity contribution in [2.45, 2.75) is 64.5 Å². The number of hydrogen-bond acceptors (Lipinski definition) is 2. The second kappa shape index (κ2) is 6.17. The van der Waals surface area contributed by atoms with E-state index in [4.69, 9.17) is 4.74 Å².